The summed E-state index contributed by atoms with van der Waals surface area (Å²) in [5.74, 6) is 1.83. The highest BCUT2D eigenvalue weighted by atomic mass is 79.9. The molecule has 1 saturated heterocycles. The predicted octanol–water partition coefficient (Wildman–Crippen LogP) is 4.00. The molecule has 3 heteroatoms. The molecule has 1 aromatic rings. The van der Waals surface area contributed by atoms with Crippen LogP contribution >= 0.6 is 15.9 Å². The molecule has 1 aromatic carbocycles. The highest BCUT2D eigenvalue weighted by Gasteiger charge is 2.22. The summed E-state index contributed by atoms with van der Waals surface area (Å²) < 4.78 is 1.02. The van der Waals surface area contributed by atoms with E-state index in [-0.39, 0.29) is 5.78 Å². The quantitative estimate of drug-likeness (QED) is 0.780. The number of Topliss-reactive ketones (excluding diaryl/α,β-unsaturated/α-hetero) is 1. The minimum atomic E-state index is 0.232. The lowest BCUT2D eigenvalue weighted by molar-refractivity contribution is 0.0880. The molecule has 0 amide bonds. The number of nitrogens with zero attached hydrogens (tertiary/aromatic N) is 1. The van der Waals surface area contributed by atoms with E-state index in [0.717, 1.165) is 35.0 Å². The van der Waals surface area contributed by atoms with Crippen LogP contribution in [0, 0.1) is 11.8 Å². The molecule has 0 bridgehead atoms. The maximum absolute atomic E-state index is 12.2. The summed E-state index contributed by atoms with van der Waals surface area (Å²) in [5.41, 5.74) is 0.814. The van der Waals surface area contributed by atoms with Gasteiger partial charge in [-0.25, -0.2) is 0 Å². The minimum absolute atomic E-state index is 0.232. The van der Waals surface area contributed by atoms with E-state index >= 15 is 0 Å². The molecule has 1 aliphatic rings. The third-order valence-electron chi connectivity index (χ3n) is 4.11. The summed E-state index contributed by atoms with van der Waals surface area (Å²) in [6, 6.07) is 7.65. The summed E-state index contributed by atoms with van der Waals surface area (Å²) in [6.07, 6.45) is 2.45. The van der Waals surface area contributed by atoms with Crippen molar-refractivity contribution >= 4 is 21.7 Å². The first-order valence-corrected chi connectivity index (χ1v) is 7.86. The molecule has 0 saturated carbocycles. The van der Waals surface area contributed by atoms with Gasteiger partial charge in [-0.1, -0.05) is 41.9 Å². The maximum atomic E-state index is 12.2. The topological polar surface area (TPSA) is 20.3 Å². The molecular weight excluding hydrogens is 302 g/mol. The van der Waals surface area contributed by atoms with E-state index in [4.69, 9.17) is 0 Å². The highest BCUT2D eigenvalue weighted by molar-refractivity contribution is 9.10. The van der Waals surface area contributed by atoms with Crippen molar-refractivity contribution in [2.75, 3.05) is 19.6 Å². The maximum Gasteiger partial charge on any atom is 0.176 e. The molecule has 0 aromatic heterocycles. The number of carbonyl (C=O) groups is 1. The van der Waals surface area contributed by atoms with E-state index in [1.807, 2.05) is 24.3 Å². The van der Waals surface area contributed by atoms with Gasteiger partial charge in [-0.3, -0.25) is 9.69 Å². The molecule has 0 spiro atoms. The van der Waals surface area contributed by atoms with Crippen LogP contribution in [0.1, 0.15) is 37.0 Å². The van der Waals surface area contributed by atoms with Crippen molar-refractivity contribution in [3.05, 3.63) is 34.3 Å². The lowest BCUT2D eigenvalue weighted by Gasteiger charge is -2.33. The number of ketones is 1. The van der Waals surface area contributed by atoms with Gasteiger partial charge in [0.05, 0.1) is 6.54 Å². The van der Waals surface area contributed by atoms with Crippen LogP contribution in [0.3, 0.4) is 0 Å². The number of likely N-dealkylation sites (tertiary alicyclic amines) is 1. The molecule has 0 N–H and O–H groups in total. The Bertz CT molecular complexity index is 419. The number of rotatable bonds is 4. The zero-order valence-corrected chi connectivity index (χ0v) is 13.3. The van der Waals surface area contributed by atoms with Crippen molar-refractivity contribution in [3.8, 4) is 0 Å². The third-order valence-corrected chi connectivity index (χ3v) is 4.64. The Kier molecular flexibility index (Phi) is 5.17. The van der Waals surface area contributed by atoms with Gasteiger partial charge in [-0.05, 0) is 49.9 Å². The fraction of sp³-hybridized carbons (Fsp3) is 0.562. The second kappa shape index (κ2) is 6.67. The van der Waals surface area contributed by atoms with E-state index in [1.165, 1.54) is 12.8 Å². The van der Waals surface area contributed by atoms with Crippen molar-refractivity contribution in [2.45, 2.75) is 26.7 Å². The van der Waals surface area contributed by atoms with Gasteiger partial charge in [-0.2, -0.15) is 0 Å². The van der Waals surface area contributed by atoms with Gasteiger partial charge < -0.3 is 0 Å². The molecule has 2 rings (SSSR count). The van der Waals surface area contributed by atoms with E-state index in [0.29, 0.717) is 6.54 Å². The molecule has 0 radical (unpaired) electrons. The Hall–Kier alpha value is -0.670. The van der Waals surface area contributed by atoms with Crippen LogP contribution in [0.25, 0.3) is 0 Å². The smallest absolute Gasteiger partial charge is 0.176 e. The van der Waals surface area contributed by atoms with E-state index < -0.39 is 0 Å². The third kappa shape index (κ3) is 4.15. The standard InChI is InChI=1S/C16H22BrNO/c1-12(2)13-7-9-18(10-8-13)11-16(19)14-3-5-15(17)6-4-14/h3-6,12-13H,7-11H2,1-2H3. The average molecular weight is 324 g/mol. The highest BCUT2D eigenvalue weighted by Crippen LogP contribution is 2.24. The van der Waals surface area contributed by atoms with E-state index in [9.17, 15) is 4.79 Å². The van der Waals surface area contributed by atoms with Crippen LogP contribution in [-0.4, -0.2) is 30.3 Å². The largest absolute Gasteiger partial charge is 0.296 e. The number of piperidine rings is 1. The zero-order chi connectivity index (χ0) is 13.8. The first kappa shape index (κ1) is 14.7. The van der Waals surface area contributed by atoms with Crippen LogP contribution in [0.4, 0.5) is 0 Å². The summed E-state index contributed by atoms with van der Waals surface area (Å²) in [6.45, 7) is 7.28. The summed E-state index contributed by atoms with van der Waals surface area (Å²) in [4.78, 5) is 14.5. The molecule has 0 unspecified atom stereocenters. The second-order valence-electron chi connectivity index (χ2n) is 5.79. The van der Waals surface area contributed by atoms with Crippen LogP contribution < -0.4 is 0 Å². The lowest BCUT2D eigenvalue weighted by atomic mass is 9.86. The number of hydrogen-bond donors (Lipinski definition) is 0. The van der Waals surface area contributed by atoms with Gasteiger partial charge in [-0.15, -0.1) is 0 Å². The van der Waals surface area contributed by atoms with Gasteiger partial charge in [0.1, 0.15) is 0 Å². The SMILES string of the molecule is CC(C)C1CCN(CC(=O)c2ccc(Br)cc2)CC1. The monoisotopic (exact) mass is 323 g/mol. The molecule has 2 nitrogen and oxygen atoms in total. The van der Waals surface area contributed by atoms with Crippen molar-refractivity contribution in [1.82, 2.24) is 4.90 Å². The van der Waals surface area contributed by atoms with Crippen LogP contribution in [0.5, 0.6) is 0 Å². The summed E-state index contributed by atoms with van der Waals surface area (Å²) in [5, 5.41) is 0. The molecule has 19 heavy (non-hydrogen) atoms. The Morgan fingerprint density at radius 2 is 1.84 bits per heavy atom. The average Bonchev–Trinajstić information content (AvgIpc) is 2.40. The molecule has 104 valence electrons. The van der Waals surface area contributed by atoms with Crippen molar-refractivity contribution in [1.29, 1.82) is 0 Å². The number of hydrogen-bond acceptors (Lipinski definition) is 2. The first-order chi connectivity index (χ1) is 9.06. The van der Waals surface area contributed by atoms with Crippen LogP contribution in [0.2, 0.25) is 0 Å². The molecule has 1 aliphatic heterocycles. The van der Waals surface area contributed by atoms with Crippen LogP contribution in [0.15, 0.2) is 28.7 Å². The van der Waals surface area contributed by atoms with Crippen molar-refractivity contribution in [2.24, 2.45) is 11.8 Å². The molecule has 0 aliphatic carbocycles. The summed E-state index contributed by atoms with van der Waals surface area (Å²) in [7, 11) is 0. The second-order valence-corrected chi connectivity index (χ2v) is 6.70. The minimum Gasteiger partial charge on any atom is -0.296 e. The Labute approximate surface area is 124 Å². The Morgan fingerprint density at radius 3 is 2.37 bits per heavy atom. The molecule has 1 fully saturated rings. The van der Waals surface area contributed by atoms with Gasteiger partial charge in [0.25, 0.3) is 0 Å². The Morgan fingerprint density at radius 1 is 1.26 bits per heavy atom. The van der Waals surface area contributed by atoms with Gasteiger partial charge in [0.15, 0.2) is 5.78 Å². The van der Waals surface area contributed by atoms with Gasteiger partial charge in [0, 0.05) is 10.0 Å². The fourth-order valence-corrected chi connectivity index (χ4v) is 2.97. The van der Waals surface area contributed by atoms with Gasteiger partial charge >= 0.3 is 0 Å². The molecular formula is C16H22BrNO. The number of benzene rings is 1. The predicted molar refractivity (Wildman–Crippen MR) is 82.5 cm³/mol. The van der Waals surface area contributed by atoms with Crippen molar-refractivity contribution < 1.29 is 4.79 Å². The summed E-state index contributed by atoms with van der Waals surface area (Å²) >= 11 is 3.39. The van der Waals surface area contributed by atoms with Crippen molar-refractivity contribution in [3.63, 3.8) is 0 Å². The fourth-order valence-electron chi connectivity index (χ4n) is 2.71. The molecule has 0 atom stereocenters. The van der Waals surface area contributed by atoms with E-state index in [2.05, 4.69) is 34.7 Å². The zero-order valence-electron chi connectivity index (χ0n) is 11.7. The number of carbonyl (C=O) groups excluding carboxylic acids is 1. The number of halogens is 1. The molecule has 1 heterocycles. The van der Waals surface area contributed by atoms with E-state index in [1.54, 1.807) is 0 Å². The van der Waals surface area contributed by atoms with Crippen LogP contribution in [-0.2, 0) is 0 Å². The van der Waals surface area contributed by atoms with Gasteiger partial charge in [0.2, 0.25) is 0 Å². The lowest BCUT2D eigenvalue weighted by Crippen LogP contribution is -2.38. The normalized spacial score (nSPS) is 17.9. The first-order valence-electron chi connectivity index (χ1n) is 7.07. The Balaban J connectivity index is 1.85.